The first kappa shape index (κ1) is 17.0. The summed E-state index contributed by atoms with van der Waals surface area (Å²) in [4.78, 5) is 0. The monoisotopic (exact) mass is 280 g/mol. The molecule has 20 heavy (non-hydrogen) atoms. The Morgan fingerprint density at radius 3 is 2.30 bits per heavy atom. The third-order valence-corrected chi connectivity index (χ3v) is 3.56. The maximum Gasteiger partial charge on any atom is 0.122 e. The van der Waals surface area contributed by atoms with Gasteiger partial charge in [-0.15, -0.1) is 0 Å². The Hall–Kier alpha value is -1.06. The Morgan fingerprint density at radius 2 is 1.80 bits per heavy atom. The molecule has 0 saturated carbocycles. The summed E-state index contributed by atoms with van der Waals surface area (Å²) in [6, 6.07) is 6.34. The zero-order chi connectivity index (χ0) is 15.2. The number of aryl methyl sites for hydroxylation is 1. The van der Waals surface area contributed by atoms with Gasteiger partial charge in [-0.1, -0.05) is 32.9 Å². The van der Waals surface area contributed by atoms with Crippen LogP contribution in [0.2, 0.25) is 0 Å². The highest BCUT2D eigenvalue weighted by Gasteiger charge is 2.16. The van der Waals surface area contributed by atoms with Crippen molar-refractivity contribution in [3.63, 3.8) is 0 Å². The van der Waals surface area contributed by atoms with Crippen LogP contribution in [0.25, 0.3) is 0 Å². The van der Waals surface area contributed by atoms with E-state index in [-0.39, 0.29) is 24.5 Å². The SMILES string of the molecule is CCOc1ccc(C(C)(C)C)cc1CCC(CO)CO. The van der Waals surface area contributed by atoms with Crippen LogP contribution in [0.15, 0.2) is 18.2 Å². The van der Waals surface area contributed by atoms with Gasteiger partial charge in [-0.2, -0.15) is 0 Å². The standard InChI is InChI=1S/C17H28O3/c1-5-20-16-9-8-15(17(2,3)4)10-14(16)7-6-13(11-18)12-19/h8-10,13,18-19H,5-7,11-12H2,1-4H3. The maximum absolute atomic E-state index is 9.17. The molecule has 3 heteroatoms. The minimum atomic E-state index is -0.0530. The predicted octanol–water partition coefficient (Wildman–Crippen LogP) is 2.92. The second-order valence-electron chi connectivity index (χ2n) is 6.28. The molecule has 0 unspecified atom stereocenters. The molecule has 2 N–H and O–H groups in total. The molecule has 0 atom stereocenters. The number of aliphatic hydroxyl groups excluding tert-OH is 2. The first-order chi connectivity index (χ1) is 9.42. The minimum absolute atomic E-state index is 0.0272. The molecule has 0 aliphatic carbocycles. The van der Waals surface area contributed by atoms with Gasteiger partial charge in [0.1, 0.15) is 5.75 Å². The lowest BCUT2D eigenvalue weighted by molar-refractivity contribution is 0.144. The Bertz CT molecular complexity index is 403. The number of benzene rings is 1. The average molecular weight is 280 g/mol. The van der Waals surface area contributed by atoms with E-state index >= 15 is 0 Å². The third-order valence-electron chi connectivity index (χ3n) is 3.56. The molecule has 1 aromatic rings. The van der Waals surface area contributed by atoms with Gasteiger partial charge in [-0.3, -0.25) is 0 Å². The molecule has 0 aliphatic heterocycles. The fraction of sp³-hybridized carbons (Fsp3) is 0.647. The summed E-state index contributed by atoms with van der Waals surface area (Å²) >= 11 is 0. The van der Waals surface area contributed by atoms with Gasteiger partial charge in [-0.05, 0) is 42.4 Å². The number of hydrogen-bond donors (Lipinski definition) is 2. The molecule has 0 bridgehead atoms. The molecule has 0 heterocycles. The number of aliphatic hydroxyl groups is 2. The van der Waals surface area contributed by atoms with E-state index in [2.05, 4.69) is 32.9 Å². The molecule has 1 rings (SSSR count). The molecule has 0 aromatic heterocycles. The summed E-state index contributed by atoms with van der Waals surface area (Å²) in [6.45, 7) is 9.25. The smallest absolute Gasteiger partial charge is 0.122 e. The topological polar surface area (TPSA) is 49.7 Å². The van der Waals surface area contributed by atoms with Crippen molar-refractivity contribution in [2.45, 2.75) is 46.0 Å². The van der Waals surface area contributed by atoms with Crippen molar-refractivity contribution in [3.05, 3.63) is 29.3 Å². The van der Waals surface area contributed by atoms with Gasteiger partial charge in [0.25, 0.3) is 0 Å². The summed E-state index contributed by atoms with van der Waals surface area (Å²) in [7, 11) is 0. The lowest BCUT2D eigenvalue weighted by atomic mass is 9.85. The quantitative estimate of drug-likeness (QED) is 0.807. The highest BCUT2D eigenvalue weighted by molar-refractivity contribution is 5.39. The second-order valence-corrected chi connectivity index (χ2v) is 6.28. The van der Waals surface area contributed by atoms with E-state index in [0.717, 1.165) is 24.2 Å². The summed E-state index contributed by atoms with van der Waals surface area (Å²) in [5, 5.41) is 18.3. The van der Waals surface area contributed by atoms with E-state index in [1.54, 1.807) is 0 Å². The van der Waals surface area contributed by atoms with E-state index < -0.39 is 0 Å². The van der Waals surface area contributed by atoms with Gasteiger partial charge in [0.15, 0.2) is 0 Å². The van der Waals surface area contributed by atoms with Crippen molar-refractivity contribution < 1.29 is 14.9 Å². The van der Waals surface area contributed by atoms with Gasteiger partial charge < -0.3 is 14.9 Å². The summed E-state index contributed by atoms with van der Waals surface area (Å²) in [6.07, 6.45) is 1.58. The van der Waals surface area contributed by atoms with E-state index in [9.17, 15) is 0 Å². The summed E-state index contributed by atoms with van der Waals surface area (Å²) < 4.78 is 5.68. The molecule has 1 aromatic carbocycles. The third kappa shape index (κ3) is 4.80. The molecule has 0 amide bonds. The van der Waals surface area contributed by atoms with Crippen molar-refractivity contribution in [3.8, 4) is 5.75 Å². The van der Waals surface area contributed by atoms with Gasteiger partial charge in [0.2, 0.25) is 0 Å². The van der Waals surface area contributed by atoms with Crippen molar-refractivity contribution in [2.75, 3.05) is 19.8 Å². The molecule has 0 radical (unpaired) electrons. The maximum atomic E-state index is 9.17. The van der Waals surface area contributed by atoms with Crippen LogP contribution < -0.4 is 4.74 Å². The fourth-order valence-corrected chi connectivity index (χ4v) is 2.14. The van der Waals surface area contributed by atoms with E-state index in [1.807, 2.05) is 13.0 Å². The Balaban J connectivity index is 2.94. The van der Waals surface area contributed by atoms with Crippen LogP contribution in [0.5, 0.6) is 5.75 Å². The Kier molecular flexibility index (Phi) is 6.50. The molecule has 0 saturated heterocycles. The largest absolute Gasteiger partial charge is 0.494 e. The lowest BCUT2D eigenvalue weighted by Crippen LogP contribution is -2.14. The van der Waals surface area contributed by atoms with Crippen molar-refractivity contribution in [2.24, 2.45) is 5.92 Å². The van der Waals surface area contributed by atoms with Crippen LogP contribution >= 0.6 is 0 Å². The van der Waals surface area contributed by atoms with Gasteiger partial charge in [-0.25, -0.2) is 0 Å². The molecule has 0 fully saturated rings. The van der Waals surface area contributed by atoms with Gasteiger partial charge in [0.05, 0.1) is 6.61 Å². The Morgan fingerprint density at radius 1 is 1.15 bits per heavy atom. The molecular formula is C17H28O3. The van der Waals surface area contributed by atoms with Crippen LogP contribution in [0.3, 0.4) is 0 Å². The van der Waals surface area contributed by atoms with Crippen LogP contribution in [0.1, 0.15) is 45.2 Å². The van der Waals surface area contributed by atoms with E-state index in [4.69, 9.17) is 14.9 Å². The lowest BCUT2D eigenvalue weighted by Gasteiger charge is -2.22. The summed E-state index contributed by atoms with van der Waals surface area (Å²) in [5.41, 5.74) is 2.54. The molecule has 114 valence electrons. The normalized spacial score (nSPS) is 11.9. The summed E-state index contributed by atoms with van der Waals surface area (Å²) in [5.74, 6) is 0.859. The molecule has 0 spiro atoms. The second kappa shape index (κ2) is 7.65. The Labute approximate surface area is 122 Å². The molecular weight excluding hydrogens is 252 g/mol. The number of ether oxygens (including phenoxy) is 1. The van der Waals surface area contributed by atoms with Crippen LogP contribution in [-0.2, 0) is 11.8 Å². The van der Waals surface area contributed by atoms with Crippen LogP contribution in [0.4, 0.5) is 0 Å². The van der Waals surface area contributed by atoms with E-state index in [1.165, 1.54) is 5.56 Å². The average Bonchev–Trinajstić information content (AvgIpc) is 2.40. The van der Waals surface area contributed by atoms with Gasteiger partial charge >= 0.3 is 0 Å². The van der Waals surface area contributed by atoms with Crippen molar-refractivity contribution >= 4 is 0 Å². The minimum Gasteiger partial charge on any atom is -0.494 e. The predicted molar refractivity (Wildman–Crippen MR) is 82.3 cm³/mol. The molecule has 3 nitrogen and oxygen atoms in total. The first-order valence-corrected chi connectivity index (χ1v) is 7.40. The highest BCUT2D eigenvalue weighted by atomic mass is 16.5. The van der Waals surface area contributed by atoms with Crippen molar-refractivity contribution in [1.82, 2.24) is 0 Å². The zero-order valence-corrected chi connectivity index (χ0v) is 13.1. The number of hydrogen-bond acceptors (Lipinski definition) is 3. The highest BCUT2D eigenvalue weighted by Crippen LogP contribution is 2.29. The van der Waals surface area contributed by atoms with Crippen LogP contribution in [-0.4, -0.2) is 30.0 Å². The fourth-order valence-electron chi connectivity index (χ4n) is 2.14. The van der Waals surface area contributed by atoms with E-state index in [0.29, 0.717) is 6.61 Å². The molecule has 0 aliphatic rings. The van der Waals surface area contributed by atoms with Crippen LogP contribution in [0, 0.1) is 5.92 Å². The number of rotatable bonds is 7. The first-order valence-electron chi connectivity index (χ1n) is 7.40. The zero-order valence-electron chi connectivity index (χ0n) is 13.1. The van der Waals surface area contributed by atoms with Gasteiger partial charge in [0, 0.05) is 19.1 Å². The van der Waals surface area contributed by atoms with Crippen molar-refractivity contribution in [1.29, 1.82) is 0 Å².